The third-order valence-corrected chi connectivity index (χ3v) is 3.22. The summed E-state index contributed by atoms with van der Waals surface area (Å²) in [5.74, 6) is -6.97. The Kier molecular flexibility index (Phi) is 8.95. The molecule has 0 aliphatic rings. The van der Waals surface area contributed by atoms with Crippen LogP contribution >= 0.6 is 0 Å². The molecule has 0 aromatic carbocycles. The van der Waals surface area contributed by atoms with Gasteiger partial charge in [-0.3, -0.25) is 0 Å². The van der Waals surface area contributed by atoms with Crippen molar-refractivity contribution >= 4 is 6.03 Å². The molecule has 0 saturated heterocycles. The molecule has 0 rings (SSSR count). The number of carbonyl (C=O) groups excluding carboxylic acids is 1. The van der Waals surface area contributed by atoms with Gasteiger partial charge >= 0.3 is 17.6 Å². The van der Waals surface area contributed by atoms with E-state index in [1.807, 2.05) is 0 Å². The van der Waals surface area contributed by atoms with Crippen LogP contribution in [0.3, 0.4) is 0 Å². The highest BCUT2D eigenvalue weighted by Gasteiger charge is 2.55. The van der Waals surface area contributed by atoms with E-state index in [1.165, 1.54) is 10.6 Å². The number of hydrogen-bond acceptors (Lipinski definition) is 13. The first-order chi connectivity index (χ1) is 11.8. The van der Waals surface area contributed by atoms with E-state index in [9.17, 15) is 36.0 Å². The number of hydroxylamine groups is 12. The van der Waals surface area contributed by atoms with Crippen LogP contribution in [0.1, 0.15) is 0 Å². The number of hydrogen-bond donors (Lipinski definition) is 14. The van der Waals surface area contributed by atoms with Crippen LogP contribution in [0.4, 0.5) is 4.79 Å². The first kappa shape index (κ1) is 24.6. The molecular formula is C5H18N8O13. The third-order valence-electron chi connectivity index (χ3n) is 3.22. The molecule has 6 unspecified atom stereocenters. The molecule has 21 nitrogen and oxygen atoms in total. The van der Waals surface area contributed by atoms with Crippen molar-refractivity contribution in [1.29, 1.82) is 0 Å². The van der Waals surface area contributed by atoms with Crippen molar-refractivity contribution in [3.05, 3.63) is 31.2 Å². The minimum atomic E-state index is -3.49. The Morgan fingerprint density at radius 3 is 0.962 bits per heavy atom. The molecule has 0 bridgehead atoms. The molecule has 26 heavy (non-hydrogen) atoms. The van der Waals surface area contributed by atoms with Crippen LogP contribution in [0.15, 0.2) is 0 Å². The van der Waals surface area contributed by atoms with E-state index >= 15 is 0 Å². The summed E-state index contributed by atoms with van der Waals surface area (Å²) in [7, 11) is 0. The van der Waals surface area contributed by atoms with E-state index in [2.05, 4.69) is 0 Å². The standard InChI is InChI=1S/C5H18N8O13/c14-3(6-1-4(8(15)16,9(17)18)10(19)20)7-2-5(11(21)22,12(23)24)13(25)26/h8-13,15,17,19,21,23,25H,1-2H2,(H2,6,7,14). The van der Waals surface area contributed by atoms with Gasteiger partial charge in [0.25, 0.3) is 0 Å². The fraction of sp³-hybridized carbons (Fsp3) is 0.800. The first-order valence-corrected chi connectivity index (χ1v) is 6.18. The minimum Gasteiger partial charge on any atom is -0.590 e. The van der Waals surface area contributed by atoms with Crippen LogP contribution < -0.4 is 42.0 Å². The molecule has 0 aliphatic heterocycles. The van der Waals surface area contributed by atoms with E-state index < -0.39 is 62.1 Å². The highest BCUT2D eigenvalue weighted by atomic mass is 16.9. The van der Waals surface area contributed by atoms with Crippen LogP contribution in [-0.2, 0) is 0 Å². The fourth-order valence-electron chi connectivity index (χ4n) is 1.49. The SMILES string of the molecule is O=C(NCC([NH+]([O-])O)([NH+]([O-])O)[NH+]([O-])O)NCC([NH+]([O-])O)([NH+]([O-])O)[NH+]([O-])O. The lowest BCUT2D eigenvalue weighted by molar-refractivity contribution is -1.42. The summed E-state index contributed by atoms with van der Waals surface area (Å²) in [6.45, 7) is -3.03. The second-order valence-electron chi connectivity index (χ2n) is 4.68. The molecule has 0 radical (unpaired) electrons. The zero-order chi connectivity index (χ0) is 20.9. The van der Waals surface area contributed by atoms with E-state index in [1.54, 1.807) is 0 Å². The van der Waals surface area contributed by atoms with Crippen LogP contribution in [0.25, 0.3) is 0 Å². The summed E-state index contributed by atoms with van der Waals surface area (Å²) in [4.78, 5) is 11.5. The smallest absolute Gasteiger partial charge is 0.452 e. The summed E-state index contributed by atoms with van der Waals surface area (Å²) in [5.41, 5.74) is 0. The van der Waals surface area contributed by atoms with Crippen molar-refractivity contribution in [2.45, 2.75) is 11.6 Å². The van der Waals surface area contributed by atoms with Gasteiger partial charge in [-0.25, -0.2) is 36.0 Å². The summed E-state index contributed by atoms with van der Waals surface area (Å²) in [6.07, 6.45) is 0. The predicted octanol–water partition coefficient (Wildman–Crippen LogP) is -11.8. The topological polar surface area (TPSA) is 328 Å². The quantitative estimate of drug-likeness (QED) is 0.120. The van der Waals surface area contributed by atoms with Crippen LogP contribution in [0.5, 0.6) is 0 Å². The number of rotatable bonds is 10. The molecule has 0 aromatic rings. The van der Waals surface area contributed by atoms with Crippen molar-refractivity contribution in [3.8, 4) is 0 Å². The maximum Gasteiger partial charge on any atom is 0.452 e. The number of carbonyl (C=O) groups is 1. The molecule has 0 saturated carbocycles. The monoisotopic (exact) mass is 398 g/mol. The van der Waals surface area contributed by atoms with Gasteiger partial charge in [0.05, 0.1) is 0 Å². The van der Waals surface area contributed by atoms with Crippen LogP contribution in [0.2, 0.25) is 0 Å². The Labute approximate surface area is 141 Å². The summed E-state index contributed by atoms with van der Waals surface area (Å²) >= 11 is 0. The van der Waals surface area contributed by atoms with Gasteiger partial charge in [-0.05, 0) is 0 Å². The van der Waals surface area contributed by atoms with Gasteiger partial charge in [0.15, 0.2) is 0 Å². The van der Waals surface area contributed by atoms with E-state index in [-0.39, 0.29) is 0 Å². The summed E-state index contributed by atoms with van der Waals surface area (Å²) in [6, 6.07) is -1.61. The van der Waals surface area contributed by atoms with Gasteiger partial charge in [-0.2, -0.15) is 0 Å². The van der Waals surface area contributed by atoms with Crippen molar-refractivity contribution in [2.75, 3.05) is 13.1 Å². The minimum absolute atomic E-state index is 1.49. The second kappa shape index (κ2) is 9.48. The maximum absolute atomic E-state index is 11.5. The number of urea groups is 1. The van der Waals surface area contributed by atoms with Crippen LogP contribution in [-0.4, -0.2) is 61.9 Å². The molecule has 21 heteroatoms. The number of nitrogens with one attached hydrogen (secondary N) is 8. The fourth-order valence-corrected chi connectivity index (χ4v) is 1.49. The average Bonchev–Trinajstić information content (AvgIpc) is 2.45. The molecule has 156 valence electrons. The molecule has 0 spiro atoms. The lowest BCUT2D eigenvalue weighted by atomic mass is 10.3. The average molecular weight is 398 g/mol. The predicted molar refractivity (Wildman–Crippen MR) is 63.6 cm³/mol. The number of quaternary nitrogens is 6. The molecule has 6 atom stereocenters. The Morgan fingerprint density at radius 1 is 0.615 bits per heavy atom. The Balaban J connectivity index is 5.14. The van der Waals surface area contributed by atoms with Crippen molar-refractivity contribution < 1.29 is 67.4 Å². The highest BCUT2D eigenvalue weighted by Crippen LogP contribution is 1.78. The number of amides is 2. The lowest BCUT2D eigenvalue weighted by Crippen LogP contribution is -3.54. The van der Waals surface area contributed by atoms with E-state index in [4.69, 9.17) is 31.2 Å². The van der Waals surface area contributed by atoms with Crippen molar-refractivity contribution in [2.24, 2.45) is 0 Å². The van der Waals surface area contributed by atoms with Gasteiger partial charge < -0.3 is 41.9 Å². The van der Waals surface area contributed by atoms with Gasteiger partial charge in [-0.15, -0.1) is 31.4 Å². The van der Waals surface area contributed by atoms with Gasteiger partial charge in [0, 0.05) is 0 Å². The highest BCUT2D eigenvalue weighted by molar-refractivity contribution is 5.73. The first-order valence-electron chi connectivity index (χ1n) is 6.18. The molecule has 0 aromatic heterocycles. The van der Waals surface area contributed by atoms with Gasteiger partial charge in [0.2, 0.25) is 13.1 Å². The lowest BCUT2D eigenvalue weighted by Gasteiger charge is -2.41. The normalized spacial score (nSPS) is 23.5. The molecule has 0 heterocycles. The maximum atomic E-state index is 11.5. The summed E-state index contributed by atoms with van der Waals surface area (Å²) in [5, 5.41) is 107. The van der Waals surface area contributed by atoms with Crippen LogP contribution in [0, 0.1) is 31.2 Å². The molecule has 0 fully saturated rings. The molecule has 0 aliphatic carbocycles. The van der Waals surface area contributed by atoms with Gasteiger partial charge in [0.1, 0.15) is 0 Å². The van der Waals surface area contributed by atoms with E-state index in [0.717, 1.165) is 0 Å². The Hall–Kier alpha value is -1.45. The second-order valence-corrected chi connectivity index (χ2v) is 4.68. The van der Waals surface area contributed by atoms with Crippen molar-refractivity contribution in [3.63, 3.8) is 0 Å². The molecule has 14 N–H and O–H groups in total. The zero-order valence-corrected chi connectivity index (χ0v) is 12.5. The Bertz CT molecular complexity index is 363. The van der Waals surface area contributed by atoms with Gasteiger partial charge in [-0.1, -0.05) is 0 Å². The molecule has 2 amide bonds. The Morgan fingerprint density at radius 2 is 0.808 bits per heavy atom. The third kappa shape index (κ3) is 4.83. The zero-order valence-electron chi connectivity index (χ0n) is 12.5. The van der Waals surface area contributed by atoms with E-state index in [0.29, 0.717) is 0 Å². The molecular weight excluding hydrogens is 380 g/mol. The largest absolute Gasteiger partial charge is 0.590 e. The summed E-state index contributed by atoms with van der Waals surface area (Å²) < 4.78 is 0. The van der Waals surface area contributed by atoms with Crippen molar-refractivity contribution in [1.82, 2.24) is 10.6 Å².